The Balaban J connectivity index is 1.06. The Morgan fingerprint density at radius 1 is 0.250 bits per heavy atom. The first-order chi connectivity index (χ1) is 35.8. The van der Waals surface area contributed by atoms with Gasteiger partial charge in [-0.3, -0.25) is 0 Å². The van der Waals surface area contributed by atoms with Crippen molar-refractivity contribution in [1.29, 1.82) is 0 Å². The van der Waals surface area contributed by atoms with Crippen molar-refractivity contribution in [2.75, 3.05) is 4.90 Å². The second kappa shape index (κ2) is 14.1. The Hall–Kier alpha value is -9.52. The van der Waals surface area contributed by atoms with Gasteiger partial charge in [-0.25, -0.2) is 0 Å². The quantitative estimate of drug-likeness (QED) is 0.161. The molecule has 15 aromatic rings. The number of rotatable bonds is 4. The van der Waals surface area contributed by atoms with Crippen LogP contribution in [0.15, 0.2) is 243 Å². The van der Waals surface area contributed by atoms with E-state index in [4.69, 9.17) is 0 Å². The van der Waals surface area contributed by atoms with Gasteiger partial charge >= 0.3 is 0 Å². The van der Waals surface area contributed by atoms with Crippen molar-refractivity contribution in [1.82, 2.24) is 18.3 Å². The molecule has 5 nitrogen and oxygen atoms in total. The van der Waals surface area contributed by atoms with E-state index in [-0.39, 0.29) is 6.71 Å². The number of aromatic nitrogens is 4. The van der Waals surface area contributed by atoms with Gasteiger partial charge in [-0.05, 0) is 101 Å². The first-order valence-electron chi connectivity index (χ1n) is 25.0. The molecule has 4 aromatic heterocycles. The third kappa shape index (κ3) is 4.79. The molecule has 0 aliphatic carbocycles. The lowest BCUT2D eigenvalue weighted by Gasteiger charge is -2.40. The molecule has 6 heterocycles. The average Bonchev–Trinajstić information content (AvgIpc) is 4.18. The van der Waals surface area contributed by atoms with Gasteiger partial charge in [0.2, 0.25) is 0 Å². The lowest BCUT2D eigenvalue weighted by atomic mass is 9.34. The maximum absolute atomic E-state index is 2.59. The van der Waals surface area contributed by atoms with Crippen LogP contribution >= 0.6 is 0 Å². The van der Waals surface area contributed by atoms with Gasteiger partial charge in [0, 0.05) is 88.4 Å². The highest BCUT2D eigenvalue weighted by molar-refractivity contribution is 7.00. The fourth-order valence-electron chi connectivity index (χ4n) is 13.4. The molecule has 17 rings (SSSR count). The lowest BCUT2D eigenvalue weighted by Crippen LogP contribution is -2.60. The molecule has 0 bridgehead atoms. The van der Waals surface area contributed by atoms with Gasteiger partial charge in [-0.1, -0.05) is 158 Å². The summed E-state index contributed by atoms with van der Waals surface area (Å²) >= 11 is 0. The Labute approximate surface area is 413 Å². The maximum atomic E-state index is 2.59. The second-order valence-corrected chi connectivity index (χ2v) is 19.6. The van der Waals surface area contributed by atoms with Crippen LogP contribution in [-0.4, -0.2) is 25.0 Å². The van der Waals surface area contributed by atoms with Crippen molar-refractivity contribution in [3.63, 3.8) is 0 Å². The highest BCUT2D eigenvalue weighted by atomic mass is 15.2. The zero-order valence-corrected chi connectivity index (χ0v) is 38.9. The third-order valence-corrected chi connectivity index (χ3v) is 16.1. The summed E-state index contributed by atoms with van der Waals surface area (Å²) in [6.45, 7) is 0.0237. The number of nitrogens with zero attached hydrogens (tertiary/aromatic N) is 5. The van der Waals surface area contributed by atoms with Crippen molar-refractivity contribution in [3.05, 3.63) is 243 Å². The second-order valence-electron chi connectivity index (χ2n) is 19.6. The SMILES string of the molecule is c1ccc(N2c3cc(-n4c5ccccc5c5c6c(c7ccccc7n6-c6ccccc6)c6c(c7ccccc7n6-c6ccccc6)c54)ccc3B3c4c2cccc4-n2c4ccccc4c4cccc3c42)cc1. The number of fused-ring (bicyclic) bond motifs is 19. The zero-order valence-electron chi connectivity index (χ0n) is 38.9. The normalized spacial score (nSPS) is 12.9. The summed E-state index contributed by atoms with van der Waals surface area (Å²) in [5.74, 6) is 0. The predicted molar refractivity (Wildman–Crippen MR) is 303 cm³/mol. The topological polar surface area (TPSA) is 23.0 Å². The minimum Gasteiger partial charge on any atom is -0.311 e. The standard InChI is InChI=1S/C66H40BN5/c1-4-20-41(21-5-1)68-56-36-19-37-57-62(56)67(51-31-18-30-46-45-26-10-14-32-52(45)72(57)63(46)51)50-39-38-44(40-58(50)68)71-55-35-17-13-29-49(55)61-65-59(47-27-11-15-33-53(47)69(65)42-22-6-2-7-23-42)64-60(66(61)71)48-28-12-16-34-54(48)70(64)43-24-8-3-9-25-43/h1-40H. The van der Waals surface area contributed by atoms with Crippen LogP contribution in [-0.2, 0) is 0 Å². The van der Waals surface area contributed by atoms with Gasteiger partial charge in [-0.2, -0.15) is 0 Å². The van der Waals surface area contributed by atoms with Gasteiger partial charge in [0.1, 0.15) is 0 Å². The molecular formula is C66H40BN5. The molecule has 0 amide bonds. The molecule has 0 radical (unpaired) electrons. The van der Waals surface area contributed by atoms with Crippen LogP contribution in [0.5, 0.6) is 0 Å². The number of hydrogen-bond acceptors (Lipinski definition) is 1. The van der Waals surface area contributed by atoms with E-state index in [1.807, 2.05) is 0 Å². The van der Waals surface area contributed by atoms with Crippen LogP contribution in [0.2, 0.25) is 0 Å². The van der Waals surface area contributed by atoms with E-state index in [2.05, 4.69) is 266 Å². The number of benzene rings is 11. The highest BCUT2D eigenvalue weighted by Gasteiger charge is 2.42. The summed E-state index contributed by atoms with van der Waals surface area (Å²) in [6.07, 6.45) is 0. The van der Waals surface area contributed by atoms with Crippen molar-refractivity contribution in [2.24, 2.45) is 0 Å². The molecule has 2 aliphatic heterocycles. The van der Waals surface area contributed by atoms with Crippen LogP contribution in [0.3, 0.4) is 0 Å². The summed E-state index contributed by atoms with van der Waals surface area (Å²) in [5, 5.41) is 9.98. The van der Waals surface area contributed by atoms with Gasteiger partial charge in [-0.15, -0.1) is 0 Å². The van der Waals surface area contributed by atoms with Crippen LogP contribution in [0.25, 0.3) is 110 Å². The number of para-hydroxylation sites is 8. The van der Waals surface area contributed by atoms with Crippen molar-refractivity contribution >= 4 is 127 Å². The molecule has 0 spiro atoms. The molecule has 6 heteroatoms. The first kappa shape index (κ1) is 38.3. The Morgan fingerprint density at radius 2 is 0.681 bits per heavy atom. The van der Waals surface area contributed by atoms with Crippen molar-refractivity contribution in [3.8, 4) is 22.7 Å². The van der Waals surface area contributed by atoms with Crippen LogP contribution in [0, 0.1) is 0 Å². The molecule has 0 fully saturated rings. The van der Waals surface area contributed by atoms with E-state index in [1.165, 1.54) is 121 Å². The number of hydrogen-bond donors (Lipinski definition) is 0. The van der Waals surface area contributed by atoms with E-state index >= 15 is 0 Å². The molecule has 0 atom stereocenters. The molecule has 0 saturated heterocycles. The monoisotopic (exact) mass is 913 g/mol. The van der Waals surface area contributed by atoms with Gasteiger partial charge in [0.15, 0.2) is 0 Å². The van der Waals surface area contributed by atoms with E-state index in [1.54, 1.807) is 0 Å². The summed E-state index contributed by atoms with van der Waals surface area (Å²) in [4.78, 5) is 2.53. The van der Waals surface area contributed by atoms with Crippen molar-refractivity contribution in [2.45, 2.75) is 0 Å². The Morgan fingerprint density at radius 3 is 1.24 bits per heavy atom. The minimum absolute atomic E-state index is 0.0237. The van der Waals surface area contributed by atoms with Crippen LogP contribution in [0.4, 0.5) is 17.1 Å². The molecule has 72 heavy (non-hydrogen) atoms. The molecule has 11 aromatic carbocycles. The smallest absolute Gasteiger partial charge is 0.252 e. The first-order valence-corrected chi connectivity index (χ1v) is 25.0. The summed E-state index contributed by atoms with van der Waals surface area (Å²) in [7, 11) is 0. The molecular weight excluding hydrogens is 874 g/mol. The molecule has 0 unspecified atom stereocenters. The summed E-state index contributed by atoms with van der Waals surface area (Å²) in [5.41, 5.74) is 21.8. The summed E-state index contributed by atoms with van der Waals surface area (Å²) < 4.78 is 10.2. The van der Waals surface area contributed by atoms with Crippen molar-refractivity contribution < 1.29 is 0 Å². The minimum atomic E-state index is 0.0237. The molecule has 332 valence electrons. The van der Waals surface area contributed by atoms with E-state index < -0.39 is 0 Å². The van der Waals surface area contributed by atoms with Gasteiger partial charge in [0.25, 0.3) is 6.71 Å². The fraction of sp³-hybridized carbons (Fsp3) is 0. The lowest BCUT2D eigenvalue weighted by molar-refractivity contribution is 1.16. The van der Waals surface area contributed by atoms with Gasteiger partial charge in [0.05, 0.1) is 38.6 Å². The highest BCUT2D eigenvalue weighted by Crippen LogP contribution is 2.51. The fourth-order valence-corrected chi connectivity index (χ4v) is 13.4. The predicted octanol–water partition coefficient (Wildman–Crippen LogP) is 14.7. The molecule has 2 aliphatic rings. The van der Waals surface area contributed by atoms with Crippen LogP contribution in [0.1, 0.15) is 0 Å². The maximum Gasteiger partial charge on any atom is 0.252 e. The number of anilines is 3. The van der Waals surface area contributed by atoms with E-state index in [0.29, 0.717) is 0 Å². The van der Waals surface area contributed by atoms with Crippen LogP contribution < -0.4 is 21.3 Å². The largest absolute Gasteiger partial charge is 0.311 e. The average molecular weight is 914 g/mol. The Bertz CT molecular complexity index is 4740. The zero-order chi connectivity index (χ0) is 46.8. The third-order valence-electron chi connectivity index (χ3n) is 16.1. The molecule has 0 saturated carbocycles. The Kier molecular flexibility index (Phi) is 7.49. The van der Waals surface area contributed by atoms with E-state index in [9.17, 15) is 0 Å². The van der Waals surface area contributed by atoms with Gasteiger partial charge < -0.3 is 23.2 Å². The summed E-state index contributed by atoms with van der Waals surface area (Å²) in [6, 6.07) is 90.2. The molecule has 0 N–H and O–H groups in total. The van der Waals surface area contributed by atoms with E-state index in [0.717, 1.165) is 22.7 Å².